The minimum Gasteiger partial charge on any atom is -0.511 e. The number of carbonyl (C=O) groups excluding carboxylic acids is 1. The fourth-order valence-corrected chi connectivity index (χ4v) is 3.80. The second-order valence-electron chi connectivity index (χ2n) is 4.99. The topological polar surface area (TPSA) is 85.4 Å². The number of aliphatic hydroxyl groups excluding tert-OH is 1. The maximum Gasteiger partial charge on any atom is 0.393 e. The Labute approximate surface area is 159 Å². The summed E-state index contributed by atoms with van der Waals surface area (Å²) in [5.41, 5.74) is 0.827. The van der Waals surface area contributed by atoms with Crippen molar-refractivity contribution in [2.45, 2.75) is 11.8 Å². The fourth-order valence-electron chi connectivity index (χ4n) is 1.84. The summed E-state index contributed by atoms with van der Waals surface area (Å²) in [6.07, 6.45) is 6.14. The van der Waals surface area contributed by atoms with Crippen molar-refractivity contribution in [2.24, 2.45) is 0 Å². The molecule has 0 atom stereocenters. The summed E-state index contributed by atoms with van der Waals surface area (Å²) >= 11 is 12.6. The van der Waals surface area contributed by atoms with Gasteiger partial charge in [0.15, 0.2) is 5.12 Å². The Morgan fingerprint density at radius 2 is 1.80 bits per heavy atom. The zero-order valence-electron chi connectivity index (χ0n) is 13.0. The number of halogens is 2. The molecule has 0 radical (unpaired) electrons. The molecule has 0 bridgehead atoms. The largest absolute Gasteiger partial charge is 0.511 e. The first-order valence-electron chi connectivity index (χ1n) is 6.95. The molecule has 0 unspecified atom stereocenters. The van der Waals surface area contributed by atoms with Gasteiger partial charge in [-0.15, -0.1) is 4.40 Å². The zero-order valence-corrected chi connectivity index (χ0v) is 16.1. The van der Waals surface area contributed by atoms with E-state index in [1.165, 1.54) is 37.3 Å². The average Bonchev–Trinajstić information content (AvgIpc) is 2.55. The van der Waals surface area contributed by atoms with Gasteiger partial charge in [-0.3, -0.25) is 4.79 Å². The number of rotatable bonds is 4. The molecular weight excluding hydrogens is 405 g/mol. The highest BCUT2D eigenvalue weighted by Crippen LogP contribution is 2.23. The lowest BCUT2D eigenvalue weighted by Gasteiger charge is -2.04. The Balaban J connectivity index is 2.22. The van der Waals surface area contributed by atoms with Gasteiger partial charge in [-0.2, -0.15) is 8.42 Å². The summed E-state index contributed by atoms with van der Waals surface area (Å²) in [5, 5.41) is 10.2. The molecular formula is C16H14Cl2NO4S2+. The highest BCUT2D eigenvalue weighted by molar-refractivity contribution is 8.13. The molecule has 0 aliphatic heterocycles. The lowest BCUT2D eigenvalue weighted by Crippen LogP contribution is -2.76. The van der Waals surface area contributed by atoms with Crippen molar-refractivity contribution in [3.8, 4) is 0 Å². The first-order valence-corrected chi connectivity index (χ1v) is 10.2. The Morgan fingerprint density at radius 3 is 2.36 bits per heavy atom. The van der Waals surface area contributed by atoms with Crippen molar-refractivity contribution in [1.82, 2.24) is 0 Å². The SMILES string of the molecule is CC(=O)SCC(O)=C1C=CC(=[NH+]S(=O)(=O)c2ccc(Cl)c(Cl)c2)C=C1. The van der Waals surface area contributed by atoms with Crippen molar-refractivity contribution in [3.63, 3.8) is 0 Å². The number of benzene rings is 1. The summed E-state index contributed by atoms with van der Waals surface area (Å²) in [6.45, 7) is 1.42. The van der Waals surface area contributed by atoms with Gasteiger partial charge in [0, 0.05) is 24.6 Å². The third-order valence-corrected chi connectivity index (χ3v) is 6.03. The van der Waals surface area contributed by atoms with E-state index in [2.05, 4.69) is 4.40 Å². The van der Waals surface area contributed by atoms with Crippen molar-refractivity contribution < 1.29 is 22.7 Å². The quantitative estimate of drug-likeness (QED) is 0.733. The maximum absolute atomic E-state index is 12.4. The molecule has 0 fully saturated rings. The van der Waals surface area contributed by atoms with Crippen LogP contribution in [-0.2, 0) is 14.8 Å². The van der Waals surface area contributed by atoms with E-state index in [4.69, 9.17) is 23.2 Å². The first-order chi connectivity index (χ1) is 11.7. The molecule has 9 heteroatoms. The summed E-state index contributed by atoms with van der Waals surface area (Å²) in [4.78, 5) is 10.9. The Kier molecular flexibility index (Phi) is 6.51. The Bertz CT molecular complexity index is 913. The van der Waals surface area contributed by atoms with Gasteiger partial charge < -0.3 is 5.11 Å². The molecule has 0 heterocycles. The van der Waals surface area contributed by atoms with E-state index >= 15 is 0 Å². The molecule has 1 aromatic carbocycles. The van der Waals surface area contributed by atoms with Crippen molar-refractivity contribution >= 4 is 55.8 Å². The molecule has 132 valence electrons. The molecule has 0 amide bonds. The van der Waals surface area contributed by atoms with Crippen molar-refractivity contribution in [3.05, 3.63) is 63.9 Å². The van der Waals surface area contributed by atoms with Gasteiger partial charge in [0.1, 0.15) is 10.7 Å². The number of allylic oxidation sites excluding steroid dienone is 5. The van der Waals surface area contributed by atoms with E-state index in [0.29, 0.717) is 11.3 Å². The number of nitrogens with one attached hydrogen (secondary N) is 1. The van der Waals surface area contributed by atoms with Crippen LogP contribution in [0.5, 0.6) is 0 Å². The second kappa shape index (κ2) is 8.23. The molecule has 1 aromatic rings. The molecule has 1 aliphatic rings. The summed E-state index contributed by atoms with van der Waals surface area (Å²) < 4.78 is 27.1. The summed E-state index contributed by atoms with van der Waals surface area (Å²) in [7, 11) is -3.82. The van der Waals surface area contributed by atoms with E-state index in [1.807, 2.05) is 0 Å². The van der Waals surface area contributed by atoms with Gasteiger partial charge >= 0.3 is 10.0 Å². The molecule has 2 rings (SSSR count). The van der Waals surface area contributed by atoms with Crippen LogP contribution in [-0.4, -0.2) is 30.1 Å². The van der Waals surface area contributed by atoms with Gasteiger partial charge in [-0.1, -0.05) is 35.0 Å². The third-order valence-electron chi connectivity index (χ3n) is 3.08. The molecule has 0 saturated carbocycles. The van der Waals surface area contributed by atoms with Crippen LogP contribution in [0.4, 0.5) is 0 Å². The number of thioether (sulfide) groups is 1. The Morgan fingerprint density at radius 1 is 1.16 bits per heavy atom. The summed E-state index contributed by atoms with van der Waals surface area (Å²) in [5.74, 6) is 0.197. The third kappa shape index (κ3) is 5.47. The number of hydrogen-bond donors (Lipinski definition) is 2. The normalized spacial score (nSPS) is 13.9. The van der Waals surface area contributed by atoms with Crippen LogP contribution in [0.25, 0.3) is 0 Å². The maximum atomic E-state index is 12.4. The predicted octanol–water partition coefficient (Wildman–Crippen LogP) is 2.42. The first kappa shape index (κ1) is 19.8. The van der Waals surface area contributed by atoms with Crippen molar-refractivity contribution in [1.29, 1.82) is 0 Å². The van der Waals surface area contributed by atoms with E-state index < -0.39 is 10.0 Å². The molecule has 5 nitrogen and oxygen atoms in total. The molecule has 2 N–H and O–H groups in total. The highest BCUT2D eigenvalue weighted by Gasteiger charge is 2.21. The van der Waals surface area contributed by atoms with Gasteiger partial charge in [-0.05, 0) is 30.4 Å². The minimum absolute atomic E-state index is 0.0155. The molecule has 25 heavy (non-hydrogen) atoms. The predicted molar refractivity (Wildman–Crippen MR) is 101 cm³/mol. The molecule has 0 aromatic heterocycles. The highest BCUT2D eigenvalue weighted by atomic mass is 35.5. The number of hydrogen-bond acceptors (Lipinski definition) is 5. The Hall–Kier alpha value is -1.54. The second-order valence-corrected chi connectivity index (χ2v) is 8.63. The van der Waals surface area contributed by atoms with Crippen LogP contribution >= 0.6 is 35.0 Å². The van der Waals surface area contributed by atoms with Gasteiger partial charge in [0.2, 0.25) is 5.71 Å². The fraction of sp³-hybridized carbons (Fsp3) is 0.125. The van der Waals surface area contributed by atoms with Gasteiger partial charge in [0.05, 0.1) is 15.8 Å². The van der Waals surface area contributed by atoms with Crippen molar-refractivity contribution in [2.75, 3.05) is 5.75 Å². The van der Waals surface area contributed by atoms with Crippen LogP contribution in [0.1, 0.15) is 6.92 Å². The summed E-state index contributed by atoms with van der Waals surface area (Å²) in [6, 6.07) is 4.02. The van der Waals surface area contributed by atoms with E-state index in [0.717, 1.165) is 11.8 Å². The number of carbonyl (C=O) groups is 1. The van der Waals surface area contributed by atoms with Crippen LogP contribution in [0.3, 0.4) is 0 Å². The molecule has 0 saturated heterocycles. The van der Waals surface area contributed by atoms with E-state index in [1.54, 1.807) is 12.2 Å². The lowest BCUT2D eigenvalue weighted by atomic mass is 10.1. The van der Waals surface area contributed by atoms with E-state index in [9.17, 15) is 18.3 Å². The van der Waals surface area contributed by atoms with E-state index in [-0.39, 0.29) is 31.6 Å². The van der Waals surface area contributed by atoms with Crippen LogP contribution in [0, 0.1) is 0 Å². The molecule has 1 aliphatic carbocycles. The smallest absolute Gasteiger partial charge is 0.393 e. The lowest BCUT2D eigenvalue weighted by molar-refractivity contribution is -0.265. The van der Waals surface area contributed by atoms with Crippen LogP contribution in [0.2, 0.25) is 10.0 Å². The number of aliphatic hydroxyl groups is 1. The van der Waals surface area contributed by atoms with Gasteiger partial charge in [-0.25, -0.2) is 0 Å². The number of sulfonamides is 1. The van der Waals surface area contributed by atoms with Crippen LogP contribution < -0.4 is 4.40 Å². The van der Waals surface area contributed by atoms with Gasteiger partial charge in [0.25, 0.3) is 0 Å². The monoisotopic (exact) mass is 418 g/mol. The zero-order chi connectivity index (χ0) is 18.6. The minimum atomic E-state index is -3.82. The molecule has 0 spiro atoms. The van der Waals surface area contributed by atoms with Crippen LogP contribution in [0.15, 0.2) is 58.7 Å². The standard InChI is InChI=1S/C16H13Cl2NO4S2/c1-10(20)24-9-16(21)11-2-4-12(5-3-11)19-25(22,23)13-6-7-14(17)15(18)8-13/h2-8,21H,9H2,1H3/p+1. The average molecular weight is 419 g/mol.